The lowest BCUT2D eigenvalue weighted by Gasteiger charge is -2.22. The molecule has 0 aromatic heterocycles. The fourth-order valence-corrected chi connectivity index (χ4v) is 3.66. The van der Waals surface area contributed by atoms with Crippen molar-refractivity contribution in [3.8, 4) is 11.5 Å². The lowest BCUT2D eigenvalue weighted by atomic mass is 10.2. The molecule has 7 nitrogen and oxygen atoms in total. The monoisotopic (exact) mass is 432 g/mol. The van der Waals surface area contributed by atoms with E-state index in [4.69, 9.17) is 32.7 Å². The first kappa shape index (κ1) is 21.1. The fourth-order valence-electron chi connectivity index (χ4n) is 2.31. The van der Waals surface area contributed by atoms with Crippen LogP contribution >= 0.6 is 23.2 Å². The Morgan fingerprint density at radius 3 is 2.22 bits per heavy atom. The van der Waals surface area contributed by atoms with E-state index in [1.165, 1.54) is 32.4 Å². The molecule has 1 amide bonds. The summed E-state index contributed by atoms with van der Waals surface area (Å²) in [5.74, 6) is 0.357. The molecule has 0 fully saturated rings. The molecule has 0 saturated carbocycles. The molecule has 2 rings (SSSR count). The number of nitrogens with zero attached hydrogens (tertiary/aromatic N) is 1. The molecule has 2 aromatic carbocycles. The summed E-state index contributed by atoms with van der Waals surface area (Å²) < 4.78 is 35.6. The predicted octanol–water partition coefficient (Wildman–Crippen LogP) is 3.42. The first-order chi connectivity index (χ1) is 12.6. The van der Waals surface area contributed by atoms with Crippen LogP contribution < -0.4 is 19.1 Å². The number of anilines is 2. The van der Waals surface area contributed by atoms with Crippen molar-refractivity contribution < 1.29 is 22.7 Å². The smallest absolute Gasteiger partial charge is 0.245 e. The highest BCUT2D eigenvalue weighted by molar-refractivity contribution is 7.92. The van der Waals surface area contributed by atoms with Crippen molar-refractivity contribution in [3.63, 3.8) is 0 Å². The quantitative estimate of drug-likeness (QED) is 0.724. The molecule has 0 radical (unpaired) electrons. The number of benzene rings is 2. The molecule has 146 valence electrons. The zero-order valence-electron chi connectivity index (χ0n) is 14.8. The van der Waals surface area contributed by atoms with E-state index in [9.17, 15) is 13.2 Å². The third kappa shape index (κ3) is 5.66. The number of halogens is 2. The van der Waals surface area contributed by atoms with E-state index in [1.807, 2.05) is 0 Å². The molecule has 0 atom stereocenters. The van der Waals surface area contributed by atoms with E-state index in [0.717, 1.165) is 10.6 Å². The van der Waals surface area contributed by atoms with E-state index in [-0.39, 0.29) is 15.7 Å². The van der Waals surface area contributed by atoms with E-state index in [1.54, 1.807) is 18.2 Å². The average Bonchev–Trinajstić information content (AvgIpc) is 2.58. The molecule has 27 heavy (non-hydrogen) atoms. The number of carbonyl (C=O) groups is 1. The van der Waals surface area contributed by atoms with Crippen LogP contribution in [0.25, 0.3) is 0 Å². The molecule has 1 N–H and O–H groups in total. The molecule has 2 aromatic rings. The van der Waals surface area contributed by atoms with Gasteiger partial charge in [-0.05, 0) is 30.3 Å². The highest BCUT2D eigenvalue weighted by atomic mass is 35.5. The summed E-state index contributed by atoms with van der Waals surface area (Å²) in [5, 5.41) is 3.13. The van der Waals surface area contributed by atoms with Crippen molar-refractivity contribution in [1.82, 2.24) is 0 Å². The van der Waals surface area contributed by atoms with Crippen molar-refractivity contribution in [2.45, 2.75) is 0 Å². The normalized spacial score (nSPS) is 11.0. The Morgan fingerprint density at radius 2 is 1.70 bits per heavy atom. The topological polar surface area (TPSA) is 84.9 Å². The number of nitrogens with one attached hydrogen (secondary N) is 1. The van der Waals surface area contributed by atoms with Gasteiger partial charge in [0.15, 0.2) is 0 Å². The van der Waals surface area contributed by atoms with Gasteiger partial charge in [-0.2, -0.15) is 0 Å². The number of sulfonamides is 1. The molecule has 0 heterocycles. The first-order valence-electron chi connectivity index (χ1n) is 7.59. The van der Waals surface area contributed by atoms with Crippen LogP contribution in [-0.2, 0) is 14.8 Å². The van der Waals surface area contributed by atoms with Crippen LogP contribution in [0, 0.1) is 0 Å². The number of rotatable bonds is 7. The number of carbonyl (C=O) groups excluding carboxylic acids is 1. The maximum Gasteiger partial charge on any atom is 0.245 e. The number of ether oxygens (including phenoxy) is 2. The summed E-state index contributed by atoms with van der Waals surface area (Å²) in [6, 6.07) is 9.13. The van der Waals surface area contributed by atoms with Crippen molar-refractivity contribution in [3.05, 3.63) is 46.4 Å². The molecular weight excluding hydrogens is 415 g/mol. The lowest BCUT2D eigenvalue weighted by Crippen LogP contribution is -2.37. The highest BCUT2D eigenvalue weighted by Crippen LogP contribution is 2.30. The van der Waals surface area contributed by atoms with E-state index in [2.05, 4.69) is 5.32 Å². The minimum Gasteiger partial charge on any atom is -0.497 e. The average molecular weight is 433 g/mol. The molecule has 0 saturated heterocycles. The molecule has 0 aliphatic carbocycles. The standard InChI is InChI=1S/C17H18Cl2N2O5S/c1-25-14-4-5-15(16(9-14)26-2)20-17(22)10-21(27(3,23)24)13-7-11(18)6-12(19)8-13/h4-9H,10H2,1-3H3,(H,20,22). The van der Waals surface area contributed by atoms with E-state index in [0.29, 0.717) is 17.2 Å². The molecule has 0 spiro atoms. The van der Waals surface area contributed by atoms with Gasteiger partial charge in [0.05, 0.1) is 31.9 Å². The van der Waals surface area contributed by atoms with Crippen molar-refractivity contribution in [1.29, 1.82) is 0 Å². The zero-order valence-corrected chi connectivity index (χ0v) is 17.2. The summed E-state index contributed by atoms with van der Waals surface area (Å²) in [6.45, 7) is -0.468. The predicted molar refractivity (Wildman–Crippen MR) is 107 cm³/mol. The van der Waals surface area contributed by atoms with Crippen LogP contribution in [0.4, 0.5) is 11.4 Å². The zero-order chi connectivity index (χ0) is 20.2. The Labute approximate surface area is 167 Å². The minimum absolute atomic E-state index is 0.187. The molecule has 0 aliphatic rings. The SMILES string of the molecule is COc1ccc(NC(=O)CN(c2cc(Cl)cc(Cl)c2)S(C)(=O)=O)c(OC)c1. The van der Waals surface area contributed by atoms with Crippen LogP contribution in [0.5, 0.6) is 11.5 Å². The maximum absolute atomic E-state index is 12.5. The highest BCUT2D eigenvalue weighted by Gasteiger charge is 2.22. The van der Waals surface area contributed by atoms with Crippen molar-refractivity contribution in [2.24, 2.45) is 0 Å². The molecular formula is C17H18Cl2N2O5S. The van der Waals surface area contributed by atoms with Gasteiger partial charge in [-0.1, -0.05) is 23.2 Å². The van der Waals surface area contributed by atoms with Crippen LogP contribution in [0.1, 0.15) is 0 Å². The summed E-state index contributed by atoms with van der Waals surface area (Å²) in [5.41, 5.74) is 0.563. The second-order valence-corrected chi connectivity index (χ2v) is 8.29. The number of amides is 1. The summed E-state index contributed by atoms with van der Waals surface area (Å²) in [6.07, 6.45) is 0.989. The Kier molecular flexibility index (Phi) is 6.80. The Morgan fingerprint density at radius 1 is 1.07 bits per heavy atom. The van der Waals surface area contributed by atoms with Gasteiger partial charge < -0.3 is 14.8 Å². The van der Waals surface area contributed by atoms with Crippen molar-refractivity contribution >= 4 is 50.5 Å². The molecule has 0 unspecified atom stereocenters. The van der Waals surface area contributed by atoms with Crippen LogP contribution in [0.3, 0.4) is 0 Å². The van der Waals surface area contributed by atoms with Gasteiger partial charge in [0.2, 0.25) is 15.9 Å². The van der Waals surface area contributed by atoms with Gasteiger partial charge in [0, 0.05) is 16.1 Å². The minimum atomic E-state index is -3.76. The molecule has 10 heteroatoms. The second kappa shape index (κ2) is 8.69. The Balaban J connectivity index is 2.27. The van der Waals surface area contributed by atoms with Crippen molar-refractivity contribution in [2.75, 3.05) is 36.6 Å². The molecule has 0 aliphatic heterocycles. The van der Waals surface area contributed by atoms with Crippen LogP contribution in [0.2, 0.25) is 10.0 Å². The summed E-state index contributed by atoms with van der Waals surface area (Å²) in [4.78, 5) is 12.5. The largest absolute Gasteiger partial charge is 0.497 e. The number of hydrogen-bond acceptors (Lipinski definition) is 5. The maximum atomic E-state index is 12.5. The second-order valence-electron chi connectivity index (χ2n) is 5.51. The number of hydrogen-bond donors (Lipinski definition) is 1. The summed E-state index contributed by atoms with van der Waals surface area (Å²) in [7, 11) is -0.809. The third-order valence-corrected chi connectivity index (χ3v) is 5.08. The van der Waals surface area contributed by atoms with Gasteiger partial charge in [-0.25, -0.2) is 8.42 Å². The Bertz CT molecular complexity index is 930. The van der Waals surface area contributed by atoms with Crippen LogP contribution in [-0.4, -0.2) is 41.3 Å². The lowest BCUT2D eigenvalue weighted by molar-refractivity contribution is -0.114. The van der Waals surface area contributed by atoms with Gasteiger partial charge in [0.1, 0.15) is 18.0 Å². The van der Waals surface area contributed by atoms with Gasteiger partial charge in [-0.15, -0.1) is 0 Å². The van der Waals surface area contributed by atoms with Gasteiger partial charge in [-0.3, -0.25) is 9.10 Å². The van der Waals surface area contributed by atoms with E-state index >= 15 is 0 Å². The first-order valence-corrected chi connectivity index (χ1v) is 10.2. The summed E-state index contributed by atoms with van der Waals surface area (Å²) >= 11 is 11.9. The van der Waals surface area contributed by atoms with Gasteiger partial charge in [0.25, 0.3) is 0 Å². The van der Waals surface area contributed by atoms with E-state index < -0.39 is 22.5 Å². The third-order valence-electron chi connectivity index (χ3n) is 3.51. The number of methoxy groups -OCH3 is 2. The van der Waals surface area contributed by atoms with Gasteiger partial charge >= 0.3 is 0 Å². The fraction of sp³-hybridized carbons (Fsp3) is 0.235. The Hall–Kier alpha value is -2.16. The molecule has 0 bridgehead atoms. The van der Waals surface area contributed by atoms with Crippen LogP contribution in [0.15, 0.2) is 36.4 Å².